The van der Waals surface area contributed by atoms with E-state index in [9.17, 15) is 38.2 Å². The predicted molar refractivity (Wildman–Crippen MR) is 140 cm³/mol. The number of ether oxygens (including phenoxy) is 2. The Morgan fingerprint density at radius 2 is 1.90 bits per heavy atom. The number of rotatable bonds is 11. The number of aromatic nitrogens is 4. The second-order valence-corrected chi connectivity index (χ2v) is 13.3. The standard InChI is InChI=1S/C18H24N7O14P3/c1-20-9-5-3-2-4-8(9)17(28)38-13-12(26)10(6-36-42(34,35)39-41(32,33)24-40(29,30)31)37-16(13)25-7-21-11-14(25)22-18(19)23-15(11)27/h2-5,7,10,12-13,16,20,26H,6H2,1H3,(H,34,35)(H3,19,22,23,27)(H4,24,29,30,31,32,33)/t10-,12-,13-,16-/m1/s1. The molecule has 2 aromatic heterocycles. The molecule has 2 unspecified atom stereocenters. The molecule has 42 heavy (non-hydrogen) atoms. The molecule has 3 heterocycles. The zero-order valence-electron chi connectivity index (χ0n) is 21.1. The Balaban J connectivity index is 1.62. The summed E-state index contributed by atoms with van der Waals surface area (Å²) in [5, 5.41) is 13.8. The average molecular weight is 655 g/mol. The topological polar surface area (TPSA) is 320 Å². The highest BCUT2D eigenvalue weighted by Gasteiger charge is 2.49. The number of carbonyl (C=O) groups excluding carboxylic acids is 1. The number of aliphatic hydroxyl groups excluding tert-OH is 1. The fourth-order valence-electron chi connectivity index (χ4n) is 3.92. The van der Waals surface area contributed by atoms with Crippen molar-refractivity contribution >= 4 is 52.1 Å². The molecule has 24 heteroatoms. The van der Waals surface area contributed by atoms with Crippen LogP contribution in [0, 0.1) is 0 Å². The lowest BCUT2D eigenvalue weighted by Crippen LogP contribution is -2.37. The van der Waals surface area contributed by atoms with E-state index in [1.54, 1.807) is 25.2 Å². The van der Waals surface area contributed by atoms with Gasteiger partial charge in [-0.15, -0.1) is 4.86 Å². The van der Waals surface area contributed by atoms with Gasteiger partial charge in [0, 0.05) is 12.7 Å². The normalized spacial score (nSPS) is 23.8. The van der Waals surface area contributed by atoms with Gasteiger partial charge in [0.05, 0.1) is 18.5 Å². The number of esters is 1. The minimum atomic E-state index is -5.57. The zero-order chi connectivity index (χ0) is 31.0. The van der Waals surface area contributed by atoms with Gasteiger partial charge in [-0.05, 0) is 12.1 Å². The van der Waals surface area contributed by atoms with E-state index in [1.165, 1.54) is 6.07 Å². The van der Waals surface area contributed by atoms with Gasteiger partial charge < -0.3 is 45.2 Å². The maximum absolute atomic E-state index is 13.1. The highest BCUT2D eigenvalue weighted by Crippen LogP contribution is 2.61. The summed E-state index contributed by atoms with van der Waals surface area (Å²) in [6.07, 6.45) is -5.44. The number of fused-ring (bicyclic) bond motifs is 1. The molecule has 1 aliphatic rings. The number of aromatic amines is 1. The Morgan fingerprint density at radius 1 is 1.21 bits per heavy atom. The van der Waals surface area contributed by atoms with Gasteiger partial charge >= 0.3 is 29.3 Å². The first-order valence-corrected chi connectivity index (χ1v) is 16.1. The number of aliphatic hydroxyl groups is 1. The molecule has 0 spiro atoms. The van der Waals surface area contributed by atoms with Crippen LogP contribution in [0.1, 0.15) is 16.6 Å². The highest BCUT2D eigenvalue weighted by atomic mass is 31.3. The van der Waals surface area contributed by atoms with Crippen LogP contribution >= 0.6 is 23.3 Å². The van der Waals surface area contributed by atoms with Gasteiger partial charge in [0.1, 0.15) is 12.2 Å². The molecule has 1 aromatic carbocycles. The first-order chi connectivity index (χ1) is 19.5. The van der Waals surface area contributed by atoms with Crippen molar-refractivity contribution in [3.8, 4) is 0 Å². The quantitative estimate of drug-likeness (QED) is 0.0896. The molecule has 0 bridgehead atoms. The first kappa shape index (κ1) is 31.9. The van der Waals surface area contributed by atoms with Crippen LogP contribution in [0.5, 0.6) is 0 Å². The average Bonchev–Trinajstić information content (AvgIpc) is 3.41. The van der Waals surface area contributed by atoms with Crippen molar-refractivity contribution in [1.82, 2.24) is 24.4 Å². The fourth-order valence-corrected chi connectivity index (χ4v) is 7.35. The third-order valence-electron chi connectivity index (χ3n) is 5.57. The smallest absolute Gasteiger partial charge is 0.451 e. The summed E-state index contributed by atoms with van der Waals surface area (Å²) >= 11 is 0. The van der Waals surface area contributed by atoms with Gasteiger partial charge in [-0.2, -0.15) is 9.29 Å². The molecular formula is C18H24N7O14P3. The first-order valence-electron chi connectivity index (χ1n) is 11.4. The molecule has 0 saturated carbocycles. The number of nitrogens with zero attached hydrogens (tertiary/aromatic N) is 3. The number of phosphoric ester groups is 1. The maximum atomic E-state index is 13.1. The number of hydrogen-bond acceptors (Lipinski definition) is 14. The van der Waals surface area contributed by atoms with Crippen molar-refractivity contribution < 1.29 is 61.5 Å². The summed E-state index contributed by atoms with van der Waals surface area (Å²) in [7, 11) is -14.9. The van der Waals surface area contributed by atoms with E-state index >= 15 is 0 Å². The third-order valence-corrected chi connectivity index (χ3v) is 9.81. The number of nitrogen functional groups attached to an aromatic ring is 1. The number of phosphoric acid groups is 1. The van der Waals surface area contributed by atoms with Gasteiger partial charge in [0.2, 0.25) is 5.95 Å². The van der Waals surface area contributed by atoms with E-state index in [4.69, 9.17) is 25.0 Å². The molecule has 10 N–H and O–H groups in total. The summed E-state index contributed by atoms with van der Waals surface area (Å²) in [5.74, 6) is -1.24. The summed E-state index contributed by atoms with van der Waals surface area (Å²) in [6.45, 7) is -1.05. The van der Waals surface area contributed by atoms with E-state index in [0.717, 1.165) is 15.8 Å². The van der Waals surface area contributed by atoms with Crippen LogP contribution in [0.2, 0.25) is 0 Å². The van der Waals surface area contributed by atoms with Crippen molar-refractivity contribution in [2.24, 2.45) is 0 Å². The van der Waals surface area contributed by atoms with E-state index in [1.807, 2.05) is 0 Å². The minimum Gasteiger partial charge on any atom is -0.451 e. The van der Waals surface area contributed by atoms with E-state index < -0.39 is 66.0 Å². The molecule has 21 nitrogen and oxygen atoms in total. The summed E-state index contributed by atoms with van der Waals surface area (Å²) in [6, 6.07) is 6.20. The summed E-state index contributed by atoms with van der Waals surface area (Å²) in [5.41, 5.74) is 5.00. The second kappa shape index (κ2) is 11.9. The molecule has 3 aromatic rings. The lowest BCUT2D eigenvalue weighted by Gasteiger charge is -2.22. The van der Waals surface area contributed by atoms with Gasteiger partial charge in [0.15, 0.2) is 23.5 Å². The van der Waals surface area contributed by atoms with E-state index in [-0.39, 0.29) is 22.7 Å². The highest BCUT2D eigenvalue weighted by molar-refractivity contribution is 7.70. The van der Waals surface area contributed by atoms with E-state index in [0.29, 0.717) is 5.69 Å². The molecule has 0 radical (unpaired) electrons. The number of anilines is 2. The van der Waals surface area contributed by atoms with Gasteiger partial charge in [-0.25, -0.2) is 23.5 Å². The van der Waals surface area contributed by atoms with Crippen LogP contribution in [0.3, 0.4) is 0 Å². The molecule has 0 amide bonds. The number of nitrogens with one attached hydrogen (secondary N) is 3. The molecule has 1 fully saturated rings. The lowest BCUT2D eigenvalue weighted by molar-refractivity contribution is -0.0557. The Hall–Kier alpha value is -3.03. The predicted octanol–water partition coefficient (Wildman–Crippen LogP) is -0.856. The lowest BCUT2D eigenvalue weighted by atomic mass is 10.1. The van der Waals surface area contributed by atoms with Crippen LogP contribution in [0.15, 0.2) is 35.4 Å². The Labute approximate surface area is 234 Å². The Kier molecular flexibility index (Phi) is 9.06. The number of para-hydroxylation sites is 1. The van der Waals surface area contributed by atoms with Crippen molar-refractivity contribution in [2.45, 2.75) is 24.5 Å². The SMILES string of the molecule is CNc1ccccc1C(=O)O[C@@H]1[C@H](O)[C@@H](COP(=O)(O)OP(=O)(O)NP(=O)(O)O)O[C@H]1n1cnc2c(=O)[nH]c(N)nc21. The third kappa shape index (κ3) is 7.30. The van der Waals surface area contributed by atoms with Crippen molar-refractivity contribution in [1.29, 1.82) is 0 Å². The molecule has 6 atom stereocenters. The second-order valence-electron chi connectivity index (χ2n) is 8.51. The zero-order valence-corrected chi connectivity index (χ0v) is 23.8. The van der Waals surface area contributed by atoms with Crippen molar-refractivity contribution in [3.63, 3.8) is 0 Å². The number of carbonyl (C=O) groups is 1. The number of imidazole rings is 1. The molecule has 1 saturated heterocycles. The van der Waals surface area contributed by atoms with E-state index in [2.05, 4.69) is 29.1 Å². The number of nitrogens with two attached hydrogens (primary N) is 1. The van der Waals surface area contributed by atoms with Crippen LogP contribution in [-0.2, 0) is 32.0 Å². The van der Waals surface area contributed by atoms with Crippen molar-refractivity contribution in [2.75, 3.05) is 24.7 Å². The van der Waals surface area contributed by atoms with Crippen molar-refractivity contribution in [3.05, 3.63) is 46.5 Å². The largest absolute Gasteiger partial charge is 0.480 e. The molecule has 1 aliphatic heterocycles. The fraction of sp³-hybridized carbons (Fsp3) is 0.333. The Bertz CT molecular complexity index is 1690. The number of H-pyrrole nitrogens is 1. The van der Waals surface area contributed by atoms with Gasteiger partial charge in [-0.1, -0.05) is 12.1 Å². The number of benzene rings is 1. The molecule has 0 aliphatic carbocycles. The summed E-state index contributed by atoms with van der Waals surface area (Å²) < 4.78 is 55.8. The maximum Gasteiger partial charge on any atom is 0.480 e. The van der Waals surface area contributed by atoms with Crippen LogP contribution in [0.4, 0.5) is 11.6 Å². The molecular weight excluding hydrogens is 631 g/mol. The Morgan fingerprint density at radius 3 is 2.57 bits per heavy atom. The number of hydrogen-bond donors (Lipinski definition) is 9. The summed E-state index contributed by atoms with van der Waals surface area (Å²) in [4.78, 5) is 73.2. The van der Waals surface area contributed by atoms with Gasteiger partial charge in [0.25, 0.3) is 5.56 Å². The van der Waals surface area contributed by atoms with Crippen LogP contribution < -0.4 is 21.5 Å². The molecule has 4 rings (SSSR count). The van der Waals surface area contributed by atoms with Crippen LogP contribution in [-0.4, -0.2) is 82.1 Å². The van der Waals surface area contributed by atoms with Crippen LogP contribution in [0.25, 0.3) is 11.2 Å². The minimum absolute atomic E-state index is 0.0597. The monoisotopic (exact) mass is 655 g/mol. The molecule has 230 valence electrons. The van der Waals surface area contributed by atoms with Gasteiger partial charge in [-0.3, -0.25) is 18.9 Å².